The summed E-state index contributed by atoms with van der Waals surface area (Å²) in [6.07, 6.45) is 1.44. The van der Waals surface area contributed by atoms with Crippen LogP contribution in [0.1, 0.15) is 26.2 Å². The van der Waals surface area contributed by atoms with E-state index >= 15 is 0 Å². The number of ether oxygens (including phenoxy) is 1. The molecule has 2 unspecified atom stereocenters. The SMILES string of the molecule is CCC1CC(Nc2cccc(F)c2)(C(=O)O)CCO1. The van der Waals surface area contributed by atoms with Gasteiger partial charge < -0.3 is 15.2 Å². The molecule has 1 aromatic carbocycles. The highest BCUT2D eigenvalue weighted by atomic mass is 19.1. The lowest BCUT2D eigenvalue weighted by atomic mass is 9.85. The maximum Gasteiger partial charge on any atom is 0.329 e. The summed E-state index contributed by atoms with van der Waals surface area (Å²) in [5.74, 6) is -1.30. The van der Waals surface area contributed by atoms with E-state index in [9.17, 15) is 14.3 Å². The largest absolute Gasteiger partial charge is 0.480 e. The summed E-state index contributed by atoms with van der Waals surface area (Å²) in [6.45, 7) is 2.36. The van der Waals surface area contributed by atoms with Crippen LogP contribution >= 0.6 is 0 Å². The molecular formula is C14H18FNO3. The van der Waals surface area contributed by atoms with E-state index in [0.717, 1.165) is 6.42 Å². The van der Waals surface area contributed by atoms with E-state index in [1.807, 2.05) is 6.92 Å². The molecule has 104 valence electrons. The van der Waals surface area contributed by atoms with Gasteiger partial charge in [-0.2, -0.15) is 0 Å². The first-order valence-corrected chi connectivity index (χ1v) is 6.44. The number of nitrogens with one attached hydrogen (secondary N) is 1. The van der Waals surface area contributed by atoms with Crippen molar-refractivity contribution in [2.24, 2.45) is 0 Å². The zero-order chi connectivity index (χ0) is 13.9. The van der Waals surface area contributed by atoms with Crippen LogP contribution in [0.25, 0.3) is 0 Å². The summed E-state index contributed by atoms with van der Waals surface area (Å²) in [5.41, 5.74) is -0.591. The Balaban J connectivity index is 2.22. The fraction of sp³-hybridized carbons (Fsp3) is 0.500. The Kier molecular flexibility index (Phi) is 4.04. The number of halogens is 1. The van der Waals surface area contributed by atoms with Crippen molar-refractivity contribution >= 4 is 11.7 Å². The molecule has 1 aliphatic rings. The summed E-state index contributed by atoms with van der Waals surface area (Å²) in [4.78, 5) is 11.6. The number of aliphatic carboxylic acids is 1. The highest BCUT2D eigenvalue weighted by Gasteiger charge is 2.43. The lowest BCUT2D eigenvalue weighted by Gasteiger charge is -2.38. The van der Waals surface area contributed by atoms with Crippen molar-refractivity contribution in [1.29, 1.82) is 0 Å². The Morgan fingerprint density at radius 1 is 1.63 bits per heavy atom. The van der Waals surface area contributed by atoms with Crippen molar-refractivity contribution in [3.05, 3.63) is 30.1 Å². The summed E-state index contributed by atoms with van der Waals surface area (Å²) >= 11 is 0. The normalized spacial score (nSPS) is 26.9. The van der Waals surface area contributed by atoms with Crippen molar-refractivity contribution in [1.82, 2.24) is 0 Å². The summed E-state index contributed by atoms with van der Waals surface area (Å²) < 4.78 is 18.7. The van der Waals surface area contributed by atoms with Gasteiger partial charge in [-0.1, -0.05) is 13.0 Å². The average molecular weight is 267 g/mol. The second kappa shape index (κ2) is 5.57. The van der Waals surface area contributed by atoms with Crippen LogP contribution in [0.15, 0.2) is 24.3 Å². The second-order valence-electron chi connectivity index (χ2n) is 4.88. The first-order chi connectivity index (χ1) is 9.05. The molecule has 0 spiro atoms. The van der Waals surface area contributed by atoms with Gasteiger partial charge in [-0.05, 0) is 24.6 Å². The van der Waals surface area contributed by atoms with Crippen LogP contribution < -0.4 is 5.32 Å². The number of hydrogen-bond acceptors (Lipinski definition) is 3. The molecule has 0 saturated carbocycles. The van der Waals surface area contributed by atoms with Crippen molar-refractivity contribution in [2.45, 2.75) is 37.8 Å². The molecule has 1 aromatic rings. The molecule has 0 aromatic heterocycles. The van der Waals surface area contributed by atoms with Crippen LogP contribution in [-0.4, -0.2) is 29.3 Å². The third-order valence-electron chi connectivity index (χ3n) is 3.53. The number of carbonyl (C=O) groups is 1. The van der Waals surface area contributed by atoms with Crippen molar-refractivity contribution in [3.8, 4) is 0 Å². The van der Waals surface area contributed by atoms with E-state index in [1.54, 1.807) is 12.1 Å². The van der Waals surface area contributed by atoms with Crippen LogP contribution in [-0.2, 0) is 9.53 Å². The molecule has 0 bridgehead atoms. The van der Waals surface area contributed by atoms with Gasteiger partial charge in [-0.3, -0.25) is 0 Å². The highest BCUT2D eigenvalue weighted by molar-refractivity contribution is 5.83. The molecule has 1 aliphatic heterocycles. The first-order valence-electron chi connectivity index (χ1n) is 6.44. The van der Waals surface area contributed by atoms with Crippen LogP contribution in [0.5, 0.6) is 0 Å². The molecule has 2 N–H and O–H groups in total. The van der Waals surface area contributed by atoms with E-state index in [-0.39, 0.29) is 11.9 Å². The lowest BCUT2D eigenvalue weighted by molar-refractivity contribution is -0.148. The summed E-state index contributed by atoms with van der Waals surface area (Å²) in [5, 5.41) is 12.5. The van der Waals surface area contributed by atoms with Gasteiger partial charge in [0.1, 0.15) is 11.4 Å². The van der Waals surface area contributed by atoms with Crippen LogP contribution in [0.2, 0.25) is 0 Å². The Bertz CT molecular complexity index is 466. The van der Waals surface area contributed by atoms with Gasteiger partial charge in [0.25, 0.3) is 0 Å². The predicted octanol–water partition coefficient (Wildman–Crippen LogP) is 2.65. The molecule has 1 saturated heterocycles. The smallest absolute Gasteiger partial charge is 0.329 e. The van der Waals surface area contributed by atoms with E-state index in [2.05, 4.69) is 5.32 Å². The van der Waals surface area contributed by atoms with Gasteiger partial charge in [0, 0.05) is 25.1 Å². The third kappa shape index (κ3) is 3.04. The highest BCUT2D eigenvalue weighted by Crippen LogP contribution is 2.30. The zero-order valence-electron chi connectivity index (χ0n) is 10.9. The fourth-order valence-electron chi connectivity index (χ4n) is 2.42. The minimum Gasteiger partial charge on any atom is -0.480 e. The van der Waals surface area contributed by atoms with Gasteiger partial charge in [0.05, 0.1) is 6.10 Å². The van der Waals surface area contributed by atoms with Crippen molar-refractivity contribution < 1.29 is 19.0 Å². The van der Waals surface area contributed by atoms with Crippen molar-refractivity contribution in [3.63, 3.8) is 0 Å². The van der Waals surface area contributed by atoms with Crippen molar-refractivity contribution in [2.75, 3.05) is 11.9 Å². The van der Waals surface area contributed by atoms with Crippen LogP contribution in [0.4, 0.5) is 10.1 Å². The molecular weight excluding hydrogens is 249 g/mol. The first kappa shape index (κ1) is 13.8. The molecule has 0 amide bonds. The number of carboxylic acid groups (broad SMARTS) is 1. The Morgan fingerprint density at radius 3 is 3.05 bits per heavy atom. The molecule has 1 heterocycles. The number of anilines is 1. The van der Waals surface area contributed by atoms with E-state index < -0.39 is 11.5 Å². The Morgan fingerprint density at radius 2 is 2.42 bits per heavy atom. The minimum atomic E-state index is -1.08. The molecule has 2 atom stereocenters. The quantitative estimate of drug-likeness (QED) is 0.880. The monoisotopic (exact) mass is 267 g/mol. The van der Waals surface area contributed by atoms with Gasteiger partial charge in [-0.15, -0.1) is 0 Å². The van der Waals surface area contributed by atoms with Crippen LogP contribution in [0.3, 0.4) is 0 Å². The lowest BCUT2D eigenvalue weighted by Crippen LogP contribution is -2.52. The topological polar surface area (TPSA) is 58.6 Å². The van der Waals surface area contributed by atoms with E-state index in [4.69, 9.17) is 4.74 Å². The zero-order valence-corrected chi connectivity index (χ0v) is 10.9. The van der Waals surface area contributed by atoms with E-state index in [1.165, 1.54) is 12.1 Å². The number of rotatable bonds is 4. The fourth-order valence-corrected chi connectivity index (χ4v) is 2.42. The number of benzene rings is 1. The molecule has 1 fully saturated rings. The third-order valence-corrected chi connectivity index (χ3v) is 3.53. The summed E-state index contributed by atoms with van der Waals surface area (Å²) in [6, 6.07) is 5.87. The molecule has 0 aliphatic carbocycles. The Hall–Kier alpha value is -1.62. The Labute approximate surface area is 111 Å². The second-order valence-corrected chi connectivity index (χ2v) is 4.88. The molecule has 19 heavy (non-hydrogen) atoms. The molecule has 4 nitrogen and oxygen atoms in total. The molecule has 5 heteroatoms. The van der Waals surface area contributed by atoms with Gasteiger partial charge >= 0.3 is 5.97 Å². The van der Waals surface area contributed by atoms with E-state index in [0.29, 0.717) is 25.1 Å². The van der Waals surface area contributed by atoms with Gasteiger partial charge in [0.15, 0.2) is 0 Å². The average Bonchev–Trinajstić information content (AvgIpc) is 2.38. The van der Waals surface area contributed by atoms with Crippen LogP contribution in [0, 0.1) is 5.82 Å². The van der Waals surface area contributed by atoms with Gasteiger partial charge in [-0.25, -0.2) is 9.18 Å². The number of hydrogen-bond donors (Lipinski definition) is 2. The standard InChI is InChI=1S/C14H18FNO3/c1-2-12-9-14(13(17)18,6-7-19-12)16-11-5-3-4-10(15)8-11/h3-5,8,12,16H,2,6-7,9H2,1H3,(H,17,18). The predicted molar refractivity (Wildman–Crippen MR) is 69.7 cm³/mol. The minimum absolute atomic E-state index is 0.0779. The van der Waals surface area contributed by atoms with Gasteiger partial charge in [0.2, 0.25) is 0 Å². The maximum absolute atomic E-state index is 13.2. The molecule has 2 rings (SSSR count). The molecule has 0 radical (unpaired) electrons. The number of carboxylic acids is 1. The summed E-state index contributed by atoms with van der Waals surface area (Å²) in [7, 11) is 0. The maximum atomic E-state index is 13.2.